The molecule has 0 aromatic heterocycles. The SMILES string of the molecule is CC(=O)C1=C(N=[N+]=N)c2cccc3cccc(c23)C1=O. The average molecular weight is 264 g/mol. The normalized spacial score (nSPS) is 13.3. The van der Waals surface area contributed by atoms with Crippen molar-refractivity contribution in [2.45, 2.75) is 6.92 Å². The van der Waals surface area contributed by atoms with E-state index in [4.69, 9.17) is 5.53 Å². The van der Waals surface area contributed by atoms with Crippen molar-refractivity contribution >= 4 is 28.0 Å². The monoisotopic (exact) mass is 264 g/mol. The lowest BCUT2D eigenvalue weighted by molar-refractivity contribution is -0.113. The van der Waals surface area contributed by atoms with Crippen LogP contribution >= 0.6 is 0 Å². The van der Waals surface area contributed by atoms with Crippen molar-refractivity contribution in [1.29, 1.82) is 5.53 Å². The van der Waals surface area contributed by atoms with Gasteiger partial charge in [0.2, 0.25) is 4.91 Å². The predicted octanol–water partition coefficient (Wildman–Crippen LogP) is 2.89. The lowest BCUT2D eigenvalue weighted by Crippen LogP contribution is -2.17. The Bertz CT molecular complexity index is 853. The van der Waals surface area contributed by atoms with E-state index in [-0.39, 0.29) is 22.8 Å². The molecule has 0 heterocycles. The van der Waals surface area contributed by atoms with Crippen LogP contribution in [0.25, 0.3) is 16.5 Å². The van der Waals surface area contributed by atoms with Crippen LogP contribution in [0.3, 0.4) is 0 Å². The van der Waals surface area contributed by atoms with Crippen LogP contribution < -0.4 is 4.91 Å². The summed E-state index contributed by atoms with van der Waals surface area (Å²) < 4.78 is 0. The summed E-state index contributed by atoms with van der Waals surface area (Å²) in [5, 5.41) is 5.34. The summed E-state index contributed by atoms with van der Waals surface area (Å²) in [4.78, 5) is 27.3. The van der Waals surface area contributed by atoms with E-state index in [0.29, 0.717) is 11.1 Å². The van der Waals surface area contributed by atoms with Crippen LogP contribution in [0.1, 0.15) is 22.8 Å². The van der Waals surface area contributed by atoms with Gasteiger partial charge in [0, 0.05) is 16.5 Å². The minimum Gasteiger partial charge on any atom is -0.294 e. The zero-order chi connectivity index (χ0) is 14.3. The fourth-order valence-electron chi connectivity index (χ4n) is 2.58. The van der Waals surface area contributed by atoms with E-state index in [1.54, 1.807) is 18.2 Å². The first-order valence-corrected chi connectivity index (χ1v) is 6.04. The summed E-state index contributed by atoms with van der Waals surface area (Å²) in [5.41, 5.74) is 8.25. The summed E-state index contributed by atoms with van der Waals surface area (Å²) in [5.74, 6) is -0.729. The molecule has 20 heavy (non-hydrogen) atoms. The second-order valence-electron chi connectivity index (χ2n) is 4.52. The minimum absolute atomic E-state index is 0.00722. The number of rotatable bonds is 2. The smallest absolute Gasteiger partial charge is 0.220 e. The van der Waals surface area contributed by atoms with E-state index in [2.05, 4.69) is 10.0 Å². The Kier molecular flexibility index (Phi) is 2.63. The summed E-state index contributed by atoms with van der Waals surface area (Å²) in [6.45, 7) is 1.32. The van der Waals surface area contributed by atoms with Gasteiger partial charge in [0.25, 0.3) is 0 Å². The third-order valence-corrected chi connectivity index (χ3v) is 3.37. The first-order chi connectivity index (χ1) is 9.65. The molecule has 5 nitrogen and oxygen atoms in total. The molecule has 0 amide bonds. The van der Waals surface area contributed by atoms with Crippen LogP contribution in [0.4, 0.5) is 0 Å². The van der Waals surface area contributed by atoms with E-state index in [9.17, 15) is 9.59 Å². The fraction of sp³-hybridized carbons (Fsp3) is 0.0667. The molecule has 1 N–H and O–H groups in total. The van der Waals surface area contributed by atoms with Crippen LogP contribution in [0, 0.1) is 5.53 Å². The van der Waals surface area contributed by atoms with Gasteiger partial charge in [0.05, 0.1) is 5.57 Å². The zero-order valence-corrected chi connectivity index (χ0v) is 10.7. The first-order valence-electron chi connectivity index (χ1n) is 6.04. The molecular formula is C15H10N3O2+. The second kappa shape index (κ2) is 4.33. The number of carbonyl (C=O) groups excluding carboxylic acids is 2. The van der Waals surface area contributed by atoms with Crippen LogP contribution in [-0.2, 0) is 4.79 Å². The standard InChI is InChI=1S/C15H10N3O2/c1-8(19)12-14(17-18-16)10-6-2-4-9-5-3-7-11(13(9)10)15(12)20/h2-7,16H,1H3/q+1. The van der Waals surface area contributed by atoms with Gasteiger partial charge in [0.1, 0.15) is 5.53 Å². The highest BCUT2D eigenvalue weighted by Crippen LogP contribution is 2.36. The van der Waals surface area contributed by atoms with Crippen molar-refractivity contribution in [3.8, 4) is 0 Å². The Morgan fingerprint density at radius 3 is 2.40 bits per heavy atom. The molecule has 0 bridgehead atoms. The minimum atomic E-state index is -0.371. The Hall–Kier alpha value is -2.91. The Balaban J connectivity index is 2.53. The molecule has 2 aromatic rings. The summed E-state index contributed by atoms with van der Waals surface area (Å²) >= 11 is 0. The number of allylic oxidation sites excluding steroid dienone is 1. The van der Waals surface area contributed by atoms with Crippen molar-refractivity contribution < 1.29 is 9.59 Å². The molecule has 0 atom stereocenters. The van der Waals surface area contributed by atoms with E-state index < -0.39 is 0 Å². The zero-order valence-electron chi connectivity index (χ0n) is 10.7. The quantitative estimate of drug-likeness (QED) is 0.513. The number of Topliss-reactive ketones (excluding diaryl/α,β-unsaturated/α-hetero) is 2. The van der Waals surface area contributed by atoms with Gasteiger partial charge < -0.3 is 0 Å². The van der Waals surface area contributed by atoms with Gasteiger partial charge in [-0.3, -0.25) is 9.59 Å². The Morgan fingerprint density at radius 2 is 1.80 bits per heavy atom. The van der Waals surface area contributed by atoms with Crippen molar-refractivity contribution in [3.05, 3.63) is 53.1 Å². The highest BCUT2D eigenvalue weighted by Gasteiger charge is 2.32. The number of hydrogen-bond acceptors (Lipinski definition) is 4. The lowest BCUT2D eigenvalue weighted by atomic mass is 9.84. The number of ketones is 2. The van der Waals surface area contributed by atoms with Gasteiger partial charge in [-0.2, -0.15) is 0 Å². The van der Waals surface area contributed by atoms with Crippen molar-refractivity contribution in [2.75, 3.05) is 0 Å². The van der Waals surface area contributed by atoms with E-state index in [1.165, 1.54) is 6.92 Å². The molecule has 5 heteroatoms. The fourth-order valence-corrected chi connectivity index (χ4v) is 2.58. The number of nitrogens with zero attached hydrogens (tertiary/aromatic N) is 2. The summed E-state index contributed by atoms with van der Waals surface area (Å²) in [6.07, 6.45) is 0. The molecule has 1 aliphatic carbocycles. The number of hydrogen-bond donors (Lipinski definition) is 1. The van der Waals surface area contributed by atoms with Gasteiger partial charge in [-0.25, -0.2) is 0 Å². The third-order valence-electron chi connectivity index (χ3n) is 3.37. The molecule has 0 saturated heterocycles. The lowest BCUT2D eigenvalue weighted by Gasteiger charge is -2.16. The molecule has 3 rings (SSSR count). The van der Waals surface area contributed by atoms with Crippen molar-refractivity contribution in [1.82, 2.24) is 4.91 Å². The Labute approximate surface area is 114 Å². The van der Waals surface area contributed by atoms with Crippen LogP contribution in [0.15, 0.2) is 47.1 Å². The largest absolute Gasteiger partial charge is 0.294 e. The molecular weight excluding hydrogens is 254 g/mol. The van der Waals surface area contributed by atoms with Gasteiger partial charge in [-0.15, -0.1) is 0 Å². The van der Waals surface area contributed by atoms with Gasteiger partial charge in [-0.1, -0.05) is 36.4 Å². The third kappa shape index (κ3) is 1.54. The second-order valence-corrected chi connectivity index (χ2v) is 4.52. The molecule has 96 valence electrons. The van der Waals surface area contributed by atoms with Gasteiger partial charge in [0.15, 0.2) is 22.4 Å². The molecule has 0 saturated carbocycles. The van der Waals surface area contributed by atoms with Crippen LogP contribution in [-0.4, -0.2) is 11.6 Å². The van der Waals surface area contributed by atoms with E-state index in [1.807, 2.05) is 18.2 Å². The summed E-state index contributed by atoms with van der Waals surface area (Å²) in [7, 11) is 0. The maximum Gasteiger partial charge on any atom is 0.220 e. The number of carbonyl (C=O) groups is 2. The molecule has 0 fully saturated rings. The molecule has 0 radical (unpaired) electrons. The maximum absolute atomic E-state index is 12.5. The first kappa shape index (κ1) is 12.1. The van der Waals surface area contributed by atoms with Crippen molar-refractivity contribution in [3.63, 3.8) is 0 Å². The highest BCUT2D eigenvalue weighted by molar-refractivity contribution is 6.35. The average Bonchev–Trinajstić information content (AvgIpc) is 2.44. The van der Waals surface area contributed by atoms with Gasteiger partial charge >= 0.3 is 0 Å². The maximum atomic E-state index is 12.5. The molecule has 0 unspecified atom stereocenters. The highest BCUT2D eigenvalue weighted by atomic mass is 16.1. The van der Waals surface area contributed by atoms with Crippen LogP contribution in [0.2, 0.25) is 0 Å². The van der Waals surface area contributed by atoms with Crippen molar-refractivity contribution in [2.24, 2.45) is 5.11 Å². The molecule has 1 aliphatic rings. The Morgan fingerprint density at radius 1 is 1.15 bits per heavy atom. The molecule has 2 aromatic carbocycles. The van der Waals surface area contributed by atoms with E-state index >= 15 is 0 Å². The van der Waals surface area contributed by atoms with E-state index in [0.717, 1.165) is 10.8 Å². The topological polar surface area (TPSA) is 84.4 Å². The number of benzene rings is 2. The molecule has 0 spiro atoms. The van der Waals surface area contributed by atoms with Gasteiger partial charge in [-0.05, 0) is 12.3 Å². The summed E-state index contributed by atoms with van der Waals surface area (Å²) in [6, 6.07) is 10.9. The van der Waals surface area contributed by atoms with Crippen LogP contribution in [0.5, 0.6) is 0 Å². The number of nitrogens with one attached hydrogen (secondary N) is 1. The predicted molar refractivity (Wildman–Crippen MR) is 73.2 cm³/mol. The molecule has 0 aliphatic heterocycles.